The van der Waals surface area contributed by atoms with Crippen LogP contribution in [0.3, 0.4) is 0 Å². The van der Waals surface area contributed by atoms with Gasteiger partial charge in [-0.3, -0.25) is 0 Å². The van der Waals surface area contributed by atoms with Gasteiger partial charge in [0.1, 0.15) is 17.7 Å². The van der Waals surface area contributed by atoms with Gasteiger partial charge in [-0.05, 0) is 17.5 Å². The lowest BCUT2D eigenvalue weighted by atomic mass is 9.88. The van der Waals surface area contributed by atoms with E-state index in [0.29, 0.717) is 6.42 Å². The number of benzene rings is 2. The number of hydrogen-bond donors (Lipinski definition) is 0. The van der Waals surface area contributed by atoms with Crippen LogP contribution < -0.4 is 0 Å². The molecule has 0 aliphatic rings. The van der Waals surface area contributed by atoms with Crippen molar-refractivity contribution in [2.45, 2.75) is 12.3 Å². The molecule has 0 heterocycles. The number of hydrogen-bond acceptors (Lipinski definition) is 2. The molecule has 0 spiro atoms. The van der Waals surface area contributed by atoms with Gasteiger partial charge in [0.2, 0.25) is 0 Å². The standard InChI is InChI=1S/C18H14N2/c19-13-15(14-20)11-12-18(16-7-3-1-4-8-16)17-9-5-2-6-10-17/h1-11,18H,12H2. The summed E-state index contributed by atoms with van der Waals surface area (Å²) in [6, 6.07) is 24.1. The van der Waals surface area contributed by atoms with Crippen LogP contribution in [0.1, 0.15) is 23.5 Å². The Morgan fingerprint density at radius 1 is 0.850 bits per heavy atom. The van der Waals surface area contributed by atoms with E-state index in [0.717, 1.165) is 0 Å². The first-order chi connectivity index (χ1) is 9.85. The van der Waals surface area contributed by atoms with Crippen LogP contribution in [0.5, 0.6) is 0 Å². The lowest BCUT2D eigenvalue weighted by Crippen LogP contribution is -2.00. The molecule has 0 radical (unpaired) electrons. The van der Waals surface area contributed by atoms with Crippen molar-refractivity contribution in [3.05, 3.63) is 83.4 Å². The first kappa shape index (κ1) is 13.6. The molecule has 2 aromatic carbocycles. The fraction of sp³-hybridized carbons (Fsp3) is 0.111. The van der Waals surface area contributed by atoms with E-state index in [1.54, 1.807) is 6.08 Å². The molecule has 2 rings (SSSR count). The molecular formula is C18H14N2. The molecule has 0 aliphatic heterocycles. The summed E-state index contributed by atoms with van der Waals surface area (Å²) in [5.74, 6) is 0.161. The summed E-state index contributed by atoms with van der Waals surface area (Å²) in [6.45, 7) is 0. The largest absolute Gasteiger partial charge is 0.192 e. The highest BCUT2D eigenvalue weighted by Crippen LogP contribution is 2.28. The normalized spacial score (nSPS) is 9.55. The third-order valence-electron chi connectivity index (χ3n) is 3.20. The zero-order valence-electron chi connectivity index (χ0n) is 11.0. The SMILES string of the molecule is N#CC(C#N)=CCC(c1ccccc1)c1ccccc1. The van der Waals surface area contributed by atoms with E-state index < -0.39 is 0 Å². The summed E-state index contributed by atoms with van der Waals surface area (Å²) in [5.41, 5.74) is 2.54. The van der Waals surface area contributed by atoms with Crippen molar-refractivity contribution >= 4 is 0 Å². The first-order valence-corrected chi connectivity index (χ1v) is 6.45. The Hall–Kier alpha value is -2.84. The Morgan fingerprint density at radius 3 is 1.70 bits per heavy atom. The molecule has 0 atom stereocenters. The highest BCUT2D eigenvalue weighted by molar-refractivity contribution is 5.38. The first-order valence-electron chi connectivity index (χ1n) is 6.45. The Kier molecular flexibility index (Phi) is 4.70. The fourth-order valence-corrected chi connectivity index (χ4v) is 2.19. The molecule has 0 saturated heterocycles. The molecule has 20 heavy (non-hydrogen) atoms. The topological polar surface area (TPSA) is 47.6 Å². The van der Waals surface area contributed by atoms with Crippen LogP contribution in [0, 0.1) is 22.7 Å². The van der Waals surface area contributed by atoms with Crippen LogP contribution in [0.2, 0.25) is 0 Å². The minimum absolute atomic E-state index is 0.161. The second-order valence-electron chi connectivity index (χ2n) is 4.45. The second kappa shape index (κ2) is 6.92. The number of allylic oxidation sites excluding steroid dienone is 2. The molecule has 0 fully saturated rings. The smallest absolute Gasteiger partial charge is 0.125 e. The predicted molar refractivity (Wildman–Crippen MR) is 78.7 cm³/mol. The lowest BCUT2D eigenvalue weighted by molar-refractivity contribution is 0.828. The van der Waals surface area contributed by atoms with E-state index in [4.69, 9.17) is 10.5 Å². The van der Waals surface area contributed by atoms with Crippen LogP contribution in [0.25, 0.3) is 0 Å². The molecule has 0 aromatic heterocycles. The van der Waals surface area contributed by atoms with E-state index in [1.807, 2.05) is 48.5 Å². The zero-order chi connectivity index (χ0) is 14.2. The monoisotopic (exact) mass is 258 g/mol. The molecule has 0 N–H and O–H groups in total. The summed E-state index contributed by atoms with van der Waals surface area (Å²) in [4.78, 5) is 0. The maximum absolute atomic E-state index is 8.84. The van der Waals surface area contributed by atoms with Gasteiger partial charge in [0.15, 0.2) is 0 Å². The van der Waals surface area contributed by atoms with Gasteiger partial charge in [0.25, 0.3) is 0 Å². The van der Waals surface area contributed by atoms with E-state index in [1.165, 1.54) is 11.1 Å². The van der Waals surface area contributed by atoms with Crippen molar-refractivity contribution in [3.8, 4) is 12.1 Å². The highest BCUT2D eigenvalue weighted by atomic mass is 14.3. The Balaban J connectivity index is 2.34. The van der Waals surface area contributed by atoms with Crippen molar-refractivity contribution in [1.82, 2.24) is 0 Å². The van der Waals surface area contributed by atoms with Crippen molar-refractivity contribution < 1.29 is 0 Å². The van der Waals surface area contributed by atoms with E-state index in [9.17, 15) is 0 Å². The van der Waals surface area contributed by atoms with Gasteiger partial charge in [-0.25, -0.2) is 0 Å². The van der Waals surface area contributed by atoms with Crippen LogP contribution in [0.4, 0.5) is 0 Å². The summed E-state index contributed by atoms with van der Waals surface area (Å²) < 4.78 is 0. The van der Waals surface area contributed by atoms with Crippen molar-refractivity contribution in [2.24, 2.45) is 0 Å². The van der Waals surface area contributed by atoms with Crippen LogP contribution in [0.15, 0.2) is 72.3 Å². The van der Waals surface area contributed by atoms with Crippen LogP contribution in [-0.4, -0.2) is 0 Å². The molecule has 96 valence electrons. The molecule has 2 heteroatoms. The summed E-state index contributed by atoms with van der Waals surface area (Å²) >= 11 is 0. The van der Waals surface area contributed by atoms with Gasteiger partial charge in [-0.2, -0.15) is 10.5 Å². The molecule has 0 bridgehead atoms. The number of nitrogens with zero attached hydrogens (tertiary/aromatic N) is 2. The van der Waals surface area contributed by atoms with E-state index in [2.05, 4.69) is 24.3 Å². The molecule has 0 aliphatic carbocycles. The third kappa shape index (κ3) is 3.34. The molecule has 0 unspecified atom stereocenters. The minimum Gasteiger partial charge on any atom is -0.192 e. The average Bonchev–Trinajstić information content (AvgIpc) is 2.53. The quantitative estimate of drug-likeness (QED) is 0.772. The summed E-state index contributed by atoms with van der Waals surface area (Å²) in [6.07, 6.45) is 2.36. The van der Waals surface area contributed by atoms with Crippen molar-refractivity contribution in [1.29, 1.82) is 10.5 Å². The maximum atomic E-state index is 8.84. The Labute approximate surface area is 119 Å². The van der Waals surface area contributed by atoms with E-state index in [-0.39, 0.29) is 11.5 Å². The maximum Gasteiger partial charge on any atom is 0.125 e. The molecule has 2 aromatic rings. The van der Waals surface area contributed by atoms with Crippen molar-refractivity contribution in [2.75, 3.05) is 0 Å². The summed E-state index contributed by atoms with van der Waals surface area (Å²) in [5, 5.41) is 17.7. The van der Waals surface area contributed by atoms with Gasteiger partial charge in [0.05, 0.1) is 0 Å². The second-order valence-corrected chi connectivity index (χ2v) is 4.45. The molecule has 2 nitrogen and oxygen atoms in total. The minimum atomic E-state index is 0.161. The van der Waals surface area contributed by atoms with Crippen LogP contribution in [-0.2, 0) is 0 Å². The molecule has 0 amide bonds. The highest BCUT2D eigenvalue weighted by Gasteiger charge is 2.12. The average molecular weight is 258 g/mol. The van der Waals surface area contributed by atoms with Crippen LogP contribution >= 0.6 is 0 Å². The third-order valence-corrected chi connectivity index (χ3v) is 3.20. The van der Waals surface area contributed by atoms with Crippen molar-refractivity contribution in [3.63, 3.8) is 0 Å². The van der Waals surface area contributed by atoms with Gasteiger partial charge >= 0.3 is 0 Å². The Morgan fingerprint density at radius 2 is 1.30 bits per heavy atom. The lowest BCUT2D eigenvalue weighted by Gasteiger charge is -2.16. The van der Waals surface area contributed by atoms with Gasteiger partial charge in [-0.1, -0.05) is 66.7 Å². The Bertz CT molecular complexity index is 603. The van der Waals surface area contributed by atoms with Gasteiger partial charge < -0.3 is 0 Å². The number of rotatable bonds is 4. The predicted octanol–water partition coefficient (Wildman–Crippen LogP) is 4.18. The molecule has 0 saturated carbocycles. The fourth-order valence-electron chi connectivity index (χ4n) is 2.19. The zero-order valence-corrected chi connectivity index (χ0v) is 11.0. The van der Waals surface area contributed by atoms with Gasteiger partial charge in [0, 0.05) is 5.92 Å². The van der Waals surface area contributed by atoms with Gasteiger partial charge in [-0.15, -0.1) is 0 Å². The molecular weight excluding hydrogens is 244 g/mol. The van der Waals surface area contributed by atoms with E-state index >= 15 is 0 Å². The number of nitriles is 2. The summed E-state index contributed by atoms with van der Waals surface area (Å²) in [7, 11) is 0.